The van der Waals surface area contributed by atoms with Crippen molar-refractivity contribution in [1.82, 2.24) is 9.80 Å². The van der Waals surface area contributed by atoms with Gasteiger partial charge in [-0.2, -0.15) is 0 Å². The second kappa shape index (κ2) is 7.41. The van der Waals surface area contributed by atoms with Gasteiger partial charge in [0.2, 0.25) is 5.91 Å². The molecule has 1 aromatic carbocycles. The van der Waals surface area contributed by atoms with Gasteiger partial charge in [-0.1, -0.05) is 37.3 Å². The van der Waals surface area contributed by atoms with E-state index in [1.807, 2.05) is 0 Å². The van der Waals surface area contributed by atoms with Gasteiger partial charge in [0.1, 0.15) is 0 Å². The van der Waals surface area contributed by atoms with E-state index < -0.39 is 0 Å². The Morgan fingerprint density at radius 1 is 1.15 bits per heavy atom. The van der Waals surface area contributed by atoms with Crippen LogP contribution in [0.4, 0.5) is 0 Å². The molecule has 4 heteroatoms. The molecule has 0 saturated carbocycles. The van der Waals surface area contributed by atoms with Crippen molar-refractivity contribution in [1.29, 1.82) is 0 Å². The zero-order valence-corrected chi connectivity index (χ0v) is 12.3. The van der Waals surface area contributed by atoms with Crippen molar-refractivity contribution in [3.05, 3.63) is 35.9 Å². The number of nitrogens with two attached hydrogens (primary N) is 1. The molecule has 2 rings (SSSR count). The monoisotopic (exact) mass is 275 g/mol. The zero-order chi connectivity index (χ0) is 14.4. The summed E-state index contributed by atoms with van der Waals surface area (Å²) in [5.41, 5.74) is 6.64. The summed E-state index contributed by atoms with van der Waals surface area (Å²) < 4.78 is 0. The molecule has 1 amide bonds. The van der Waals surface area contributed by atoms with Crippen LogP contribution in [0.1, 0.15) is 12.5 Å². The SMILES string of the molecule is C[C@@H](Cc1ccccc1)CN1CCN(CC(N)=O)CC1. The number of primary amides is 1. The quantitative estimate of drug-likeness (QED) is 0.841. The molecule has 1 saturated heterocycles. The second-order valence-electron chi connectivity index (χ2n) is 5.84. The average molecular weight is 275 g/mol. The molecular formula is C16H25N3O. The van der Waals surface area contributed by atoms with Gasteiger partial charge in [-0.05, 0) is 17.9 Å². The van der Waals surface area contributed by atoms with Crippen molar-refractivity contribution in [3.8, 4) is 0 Å². The van der Waals surface area contributed by atoms with Gasteiger partial charge in [-0.3, -0.25) is 9.69 Å². The van der Waals surface area contributed by atoms with Gasteiger partial charge in [0.05, 0.1) is 6.54 Å². The predicted octanol–water partition coefficient (Wildman–Crippen LogP) is 0.968. The molecule has 0 unspecified atom stereocenters. The van der Waals surface area contributed by atoms with E-state index in [1.165, 1.54) is 5.56 Å². The lowest BCUT2D eigenvalue weighted by molar-refractivity contribution is -0.119. The Balaban J connectivity index is 1.71. The fraction of sp³-hybridized carbons (Fsp3) is 0.562. The number of nitrogens with zero attached hydrogens (tertiary/aromatic N) is 2. The molecule has 2 N–H and O–H groups in total. The van der Waals surface area contributed by atoms with E-state index in [1.54, 1.807) is 0 Å². The van der Waals surface area contributed by atoms with E-state index in [2.05, 4.69) is 47.1 Å². The first kappa shape index (κ1) is 15.0. The Morgan fingerprint density at radius 3 is 2.35 bits per heavy atom. The molecule has 1 aromatic rings. The minimum absolute atomic E-state index is 0.226. The Hall–Kier alpha value is -1.39. The van der Waals surface area contributed by atoms with Crippen LogP contribution in [0.5, 0.6) is 0 Å². The van der Waals surface area contributed by atoms with Crippen LogP contribution in [0.15, 0.2) is 30.3 Å². The summed E-state index contributed by atoms with van der Waals surface area (Å²) in [5, 5.41) is 0. The standard InChI is InChI=1S/C16H25N3O/c1-14(11-15-5-3-2-4-6-15)12-18-7-9-19(10-8-18)13-16(17)20/h2-6,14H,7-13H2,1H3,(H2,17,20)/t14-/m0/s1. The number of carbonyl (C=O) groups is 1. The smallest absolute Gasteiger partial charge is 0.231 e. The molecule has 0 aromatic heterocycles. The Kier molecular flexibility index (Phi) is 5.56. The van der Waals surface area contributed by atoms with Gasteiger partial charge in [0, 0.05) is 32.7 Å². The maximum Gasteiger partial charge on any atom is 0.231 e. The molecule has 1 aliphatic heterocycles. The van der Waals surface area contributed by atoms with Gasteiger partial charge in [-0.25, -0.2) is 0 Å². The van der Waals surface area contributed by atoms with Crippen molar-refractivity contribution in [2.24, 2.45) is 11.7 Å². The third kappa shape index (κ3) is 4.94. The summed E-state index contributed by atoms with van der Waals surface area (Å²) in [6.07, 6.45) is 1.13. The first-order valence-corrected chi connectivity index (χ1v) is 7.40. The van der Waals surface area contributed by atoms with Gasteiger partial charge >= 0.3 is 0 Å². The van der Waals surface area contributed by atoms with Crippen molar-refractivity contribution in [3.63, 3.8) is 0 Å². The lowest BCUT2D eigenvalue weighted by Gasteiger charge is -2.35. The molecule has 20 heavy (non-hydrogen) atoms. The van der Waals surface area contributed by atoms with Crippen molar-refractivity contribution in [2.45, 2.75) is 13.3 Å². The summed E-state index contributed by atoms with van der Waals surface area (Å²) in [6, 6.07) is 10.7. The molecule has 110 valence electrons. The summed E-state index contributed by atoms with van der Waals surface area (Å²) in [6.45, 7) is 7.79. The number of benzene rings is 1. The molecule has 0 radical (unpaired) electrons. The van der Waals surface area contributed by atoms with E-state index in [-0.39, 0.29) is 5.91 Å². The number of hydrogen-bond donors (Lipinski definition) is 1. The highest BCUT2D eigenvalue weighted by Gasteiger charge is 2.19. The van der Waals surface area contributed by atoms with Crippen molar-refractivity contribution < 1.29 is 4.79 Å². The number of piperazine rings is 1. The first-order valence-electron chi connectivity index (χ1n) is 7.40. The first-order chi connectivity index (χ1) is 9.63. The van der Waals surface area contributed by atoms with Crippen LogP contribution in [-0.2, 0) is 11.2 Å². The largest absolute Gasteiger partial charge is 0.369 e. The molecule has 0 spiro atoms. The number of carbonyl (C=O) groups excluding carboxylic acids is 1. The number of rotatable bonds is 6. The van der Waals surface area contributed by atoms with E-state index in [0.717, 1.165) is 39.1 Å². The topological polar surface area (TPSA) is 49.6 Å². The van der Waals surface area contributed by atoms with Crippen LogP contribution in [0, 0.1) is 5.92 Å². The molecule has 0 bridgehead atoms. The van der Waals surface area contributed by atoms with E-state index in [4.69, 9.17) is 5.73 Å². The Labute approximate surface area is 121 Å². The fourth-order valence-corrected chi connectivity index (χ4v) is 2.87. The second-order valence-corrected chi connectivity index (χ2v) is 5.84. The molecule has 1 heterocycles. The van der Waals surface area contributed by atoms with Crippen LogP contribution in [-0.4, -0.2) is 55.0 Å². The van der Waals surface area contributed by atoms with Crippen LogP contribution in [0.25, 0.3) is 0 Å². The molecule has 4 nitrogen and oxygen atoms in total. The lowest BCUT2D eigenvalue weighted by Crippen LogP contribution is -2.49. The van der Waals surface area contributed by atoms with Crippen molar-refractivity contribution >= 4 is 5.91 Å². The van der Waals surface area contributed by atoms with Crippen molar-refractivity contribution in [2.75, 3.05) is 39.3 Å². The summed E-state index contributed by atoms with van der Waals surface area (Å²) in [7, 11) is 0. The van der Waals surface area contributed by atoms with Crippen LogP contribution in [0.3, 0.4) is 0 Å². The maximum atomic E-state index is 10.9. The highest BCUT2D eigenvalue weighted by Crippen LogP contribution is 2.11. The minimum Gasteiger partial charge on any atom is -0.369 e. The van der Waals surface area contributed by atoms with Gasteiger partial charge in [0.25, 0.3) is 0 Å². The third-order valence-corrected chi connectivity index (χ3v) is 3.84. The number of amides is 1. The molecule has 1 aliphatic rings. The van der Waals surface area contributed by atoms with Crippen LogP contribution < -0.4 is 5.73 Å². The Morgan fingerprint density at radius 2 is 1.75 bits per heavy atom. The lowest BCUT2D eigenvalue weighted by atomic mass is 10.0. The summed E-state index contributed by atoms with van der Waals surface area (Å²) in [4.78, 5) is 15.5. The normalized spacial score (nSPS) is 18.9. The third-order valence-electron chi connectivity index (χ3n) is 3.84. The molecular weight excluding hydrogens is 250 g/mol. The highest BCUT2D eigenvalue weighted by molar-refractivity contribution is 5.75. The van der Waals surface area contributed by atoms with E-state index in [0.29, 0.717) is 12.5 Å². The summed E-state index contributed by atoms with van der Waals surface area (Å²) in [5.74, 6) is 0.427. The Bertz CT molecular complexity index is 413. The average Bonchev–Trinajstić information content (AvgIpc) is 2.41. The maximum absolute atomic E-state index is 10.9. The molecule has 0 aliphatic carbocycles. The van der Waals surface area contributed by atoms with Crippen LogP contribution in [0.2, 0.25) is 0 Å². The van der Waals surface area contributed by atoms with E-state index >= 15 is 0 Å². The van der Waals surface area contributed by atoms with Gasteiger partial charge in [-0.15, -0.1) is 0 Å². The highest BCUT2D eigenvalue weighted by atomic mass is 16.1. The van der Waals surface area contributed by atoms with E-state index in [9.17, 15) is 4.79 Å². The number of hydrogen-bond acceptors (Lipinski definition) is 3. The zero-order valence-electron chi connectivity index (χ0n) is 12.3. The van der Waals surface area contributed by atoms with Gasteiger partial charge in [0.15, 0.2) is 0 Å². The predicted molar refractivity (Wildman–Crippen MR) is 81.4 cm³/mol. The van der Waals surface area contributed by atoms with Gasteiger partial charge < -0.3 is 10.6 Å². The van der Waals surface area contributed by atoms with Crippen LogP contribution >= 0.6 is 0 Å². The molecule has 1 fully saturated rings. The molecule has 1 atom stereocenters. The fourth-order valence-electron chi connectivity index (χ4n) is 2.87. The summed E-state index contributed by atoms with van der Waals surface area (Å²) >= 11 is 0. The minimum atomic E-state index is -0.226.